The van der Waals surface area contributed by atoms with Crippen molar-refractivity contribution in [3.63, 3.8) is 0 Å². The minimum atomic E-state index is -1.19. The van der Waals surface area contributed by atoms with Crippen LogP contribution in [0.15, 0.2) is 0 Å². The van der Waals surface area contributed by atoms with E-state index in [9.17, 15) is 0 Å². The summed E-state index contributed by atoms with van der Waals surface area (Å²) in [4.78, 5) is 0. The van der Waals surface area contributed by atoms with Crippen LogP contribution in [0.4, 0.5) is 0 Å². The van der Waals surface area contributed by atoms with Crippen molar-refractivity contribution in [3.05, 3.63) is 0 Å². The number of hydrogen-bond donors (Lipinski definition) is 1. The number of hydrogen-bond acceptors (Lipinski definition) is 2. The van der Waals surface area contributed by atoms with Gasteiger partial charge in [0, 0.05) is 29.6 Å². The van der Waals surface area contributed by atoms with Crippen molar-refractivity contribution < 1.29 is 23.9 Å². The van der Waals surface area contributed by atoms with Gasteiger partial charge in [-0.1, -0.05) is 0 Å². The van der Waals surface area contributed by atoms with Gasteiger partial charge in [0.25, 0.3) is 0 Å². The summed E-state index contributed by atoms with van der Waals surface area (Å²) >= 11 is -1.19. The normalized spacial score (nSPS) is 4.50. The van der Waals surface area contributed by atoms with Crippen LogP contribution in [-0.2, 0) is 0 Å². The van der Waals surface area contributed by atoms with Gasteiger partial charge in [0.2, 0.25) is 0 Å². The molecule has 0 saturated carbocycles. The van der Waals surface area contributed by atoms with E-state index >= 15 is 0 Å². The summed E-state index contributed by atoms with van der Waals surface area (Å²) in [6.45, 7) is 0. The van der Waals surface area contributed by atoms with Gasteiger partial charge in [0.15, 0.2) is 0 Å². The van der Waals surface area contributed by atoms with E-state index in [1.807, 2.05) is 0 Å². The Kier molecular flexibility index (Phi) is 20.0. The van der Waals surface area contributed by atoms with Gasteiger partial charge < -0.3 is 4.20 Å². The molecule has 2 nitrogen and oxygen atoms in total. The summed E-state index contributed by atoms with van der Waals surface area (Å²) in [7, 11) is 0. The topological polar surface area (TPSA) is 43.3 Å². The van der Waals surface area contributed by atoms with Crippen molar-refractivity contribution in [1.82, 2.24) is 0 Å². The standard InChI is InChI=1S/BrHO2.Na/c2-1-3;/h2H;. The van der Waals surface area contributed by atoms with Gasteiger partial charge in [-0.05, 0) is 0 Å². The van der Waals surface area contributed by atoms with Crippen LogP contribution in [0.1, 0.15) is 0 Å². The quantitative estimate of drug-likeness (QED) is 0.386. The molecule has 4 heteroatoms. The van der Waals surface area contributed by atoms with Gasteiger partial charge in [-0.15, -0.1) is 0 Å². The molecule has 0 aromatic rings. The van der Waals surface area contributed by atoms with Crippen molar-refractivity contribution in [2.45, 2.75) is 0 Å². The van der Waals surface area contributed by atoms with Crippen LogP contribution >= 0.6 is 0 Å². The second-order valence-electron chi connectivity index (χ2n) is 0.0690. The maximum absolute atomic E-state index is 8.52. The molecule has 0 fully saturated rings. The van der Waals surface area contributed by atoms with Gasteiger partial charge in [-0.3, -0.25) is 0 Å². The zero-order chi connectivity index (χ0) is 2.71. The molecule has 0 aliphatic carbocycles. The average molecular weight is 136 g/mol. The van der Waals surface area contributed by atoms with E-state index in [0.29, 0.717) is 0 Å². The molecule has 0 saturated heterocycles. The van der Waals surface area contributed by atoms with Crippen molar-refractivity contribution in [2.24, 2.45) is 0 Å². The molecule has 4 heavy (non-hydrogen) atoms. The van der Waals surface area contributed by atoms with Gasteiger partial charge in [0.05, 0.1) is 0 Å². The predicted molar refractivity (Wildman–Crippen MR) is 7.97 cm³/mol. The Hall–Kier alpha value is 1.40. The Labute approximate surface area is 53.3 Å². The maximum Gasteiger partial charge on any atom is 0.417 e. The van der Waals surface area contributed by atoms with Crippen LogP contribution in [0.3, 0.4) is 0 Å². The molecule has 0 unspecified atom stereocenters. The second kappa shape index (κ2) is 8.83. The SMILES string of the molecule is [Na].[O-][Br+]O. The van der Waals surface area contributed by atoms with Gasteiger partial charge in [0.1, 0.15) is 0 Å². The minimum absolute atomic E-state index is 0. The van der Waals surface area contributed by atoms with Crippen molar-refractivity contribution in [3.8, 4) is 0 Å². The molecule has 1 N–H and O–H groups in total. The molecule has 0 spiro atoms. The number of rotatable bonds is 0. The van der Waals surface area contributed by atoms with Crippen LogP contribution in [0.5, 0.6) is 0 Å². The molecule has 0 amide bonds. The Morgan fingerprint density at radius 3 is 1.75 bits per heavy atom. The van der Waals surface area contributed by atoms with Crippen LogP contribution in [0.25, 0.3) is 0 Å². The van der Waals surface area contributed by atoms with Gasteiger partial charge in [-0.2, -0.15) is 4.20 Å². The maximum atomic E-state index is 8.52. The fraction of sp³-hybridized carbons (Fsp3) is 0. The first-order valence-electron chi connectivity index (χ1n) is 0.323. The van der Waals surface area contributed by atoms with Crippen LogP contribution < -0.4 is 4.20 Å². The average Bonchev–Trinajstić information content (AvgIpc) is 0.918. The largest absolute Gasteiger partial charge is 0.551 e. The van der Waals surface area contributed by atoms with Crippen LogP contribution in [0.2, 0.25) is 0 Å². The molecule has 21 valence electrons. The Bertz CT molecular complexity index is 6.00. The first kappa shape index (κ1) is 9.04. The first-order chi connectivity index (χ1) is 1.41. The Morgan fingerprint density at radius 2 is 1.75 bits per heavy atom. The monoisotopic (exact) mass is 135 g/mol. The molecule has 0 heterocycles. The zero-order valence-corrected chi connectivity index (χ0v) is 5.82. The molecular formula is HBrNaO2. The molecule has 0 aliphatic rings. The Morgan fingerprint density at radius 1 is 1.75 bits per heavy atom. The van der Waals surface area contributed by atoms with E-state index < -0.39 is 15.5 Å². The molecule has 0 rings (SSSR count). The summed E-state index contributed by atoms with van der Waals surface area (Å²) in [6.07, 6.45) is 0. The van der Waals surface area contributed by atoms with E-state index in [1.54, 1.807) is 0 Å². The summed E-state index contributed by atoms with van der Waals surface area (Å²) in [6, 6.07) is 0. The number of halogens is 1. The predicted octanol–water partition coefficient (Wildman–Crippen LogP) is -2.13. The third-order valence-corrected chi connectivity index (χ3v) is 0. The summed E-state index contributed by atoms with van der Waals surface area (Å²) in [5, 5.41) is 0. The Balaban J connectivity index is 0. The summed E-state index contributed by atoms with van der Waals surface area (Å²) < 4.78 is 15.6. The molecule has 0 aromatic carbocycles. The van der Waals surface area contributed by atoms with E-state index in [-0.39, 0.29) is 29.6 Å². The molecule has 0 bridgehead atoms. The molecule has 1 radical (unpaired) electrons. The van der Waals surface area contributed by atoms with Crippen molar-refractivity contribution >= 4 is 29.6 Å². The van der Waals surface area contributed by atoms with E-state index in [1.165, 1.54) is 0 Å². The summed E-state index contributed by atoms with van der Waals surface area (Å²) in [5.74, 6) is 0. The van der Waals surface area contributed by atoms with Crippen LogP contribution in [0, 0.1) is 15.5 Å². The van der Waals surface area contributed by atoms with E-state index in [0.717, 1.165) is 0 Å². The molecular weight excluding hydrogens is 135 g/mol. The second-order valence-corrected chi connectivity index (χ2v) is 0.359. The molecule has 0 aromatic heterocycles. The van der Waals surface area contributed by atoms with E-state index in [2.05, 4.69) is 0 Å². The third-order valence-electron chi connectivity index (χ3n) is 0. The molecule has 0 aliphatic heterocycles. The minimum Gasteiger partial charge on any atom is -0.551 e. The zero-order valence-electron chi connectivity index (χ0n) is 2.23. The van der Waals surface area contributed by atoms with Gasteiger partial charge >= 0.3 is 15.5 Å². The van der Waals surface area contributed by atoms with Gasteiger partial charge in [-0.25, -0.2) is 0 Å². The first-order valence-corrected chi connectivity index (χ1v) is 1.68. The fourth-order valence-corrected chi connectivity index (χ4v) is 0. The smallest absolute Gasteiger partial charge is 0.417 e. The summed E-state index contributed by atoms with van der Waals surface area (Å²) in [5.41, 5.74) is 0. The van der Waals surface area contributed by atoms with Crippen molar-refractivity contribution in [2.75, 3.05) is 0 Å². The fourth-order valence-electron chi connectivity index (χ4n) is 0. The third kappa shape index (κ3) is 9.99. The van der Waals surface area contributed by atoms with E-state index in [4.69, 9.17) is 8.40 Å². The van der Waals surface area contributed by atoms with Crippen LogP contribution in [-0.4, -0.2) is 33.8 Å². The molecule has 0 atom stereocenters. The van der Waals surface area contributed by atoms with Crippen molar-refractivity contribution in [1.29, 1.82) is 0 Å².